The summed E-state index contributed by atoms with van der Waals surface area (Å²) in [6, 6.07) is 0.330. The van der Waals surface area contributed by atoms with E-state index < -0.39 is 9.84 Å². The van der Waals surface area contributed by atoms with Crippen LogP contribution in [0, 0.1) is 0 Å². The molecule has 0 aromatic carbocycles. The molecular formula is C11H26Cl2N2O2S. The molecule has 0 aromatic rings. The van der Waals surface area contributed by atoms with Crippen LogP contribution in [-0.4, -0.2) is 52.1 Å². The first-order chi connectivity index (χ1) is 7.57. The Morgan fingerprint density at radius 3 is 2.28 bits per heavy atom. The molecule has 1 saturated heterocycles. The van der Waals surface area contributed by atoms with Crippen molar-refractivity contribution in [1.29, 1.82) is 0 Å². The van der Waals surface area contributed by atoms with Gasteiger partial charge in [-0.05, 0) is 13.8 Å². The second-order valence-electron chi connectivity index (χ2n) is 4.75. The Morgan fingerprint density at radius 2 is 1.83 bits per heavy atom. The molecular weight excluding hydrogens is 295 g/mol. The van der Waals surface area contributed by atoms with Crippen molar-refractivity contribution in [3.63, 3.8) is 0 Å². The second kappa shape index (κ2) is 10.3. The van der Waals surface area contributed by atoms with Crippen LogP contribution < -0.4 is 35.0 Å². The van der Waals surface area contributed by atoms with Gasteiger partial charge in [0.2, 0.25) is 0 Å². The van der Waals surface area contributed by atoms with E-state index in [0.717, 1.165) is 13.0 Å². The lowest BCUT2D eigenvalue weighted by molar-refractivity contribution is -0.898. The molecule has 0 saturated carbocycles. The Bertz CT molecular complexity index is 295. The first-order valence-corrected chi connectivity index (χ1v) is 8.27. The van der Waals surface area contributed by atoms with Crippen LogP contribution in [-0.2, 0) is 9.84 Å². The zero-order valence-electron chi connectivity index (χ0n) is 11.3. The summed E-state index contributed by atoms with van der Waals surface area (Å²) in [5.74, 6) is 0.792. The molecule has 1 rings (SSSR count). The van der Waals surface area contributed by atoms with Gasteiger partial charge in [-0.3, -0.25) is 0 Å². The van der Waals surface area contributed by atoms with Crippen LogP contribution in [0.25, 0.3) is 0 Å². The van der Waals surface area contributed by atoms with E-state index >= 15 is 0 Å². The maximum Gasteiger partial charge on any atom is 0.156 e. The van der Waals surface area contributed by atoms with E-state index in [2.05, 4.69) is 19.2 Å². The largest absolute Gasteiger partial charge is 1.00 e. The van der Waals surface area contributed by atoms with Gasteiger partial charge >= 0.3 is 0 Å². The minimum atomic E-state index is -2.69. The Hall–Kier alpha value is 0.450. The molecule has 112 valence electrons. The van der Waals surface area contributed by atoms with Crippen LogP contribution in [0.5, 0.6) is 0 Å². The molecule has 4 nitrogen and oxygen atoms in total. The lowest BCUT2D eigenvalue weighted by Gasteiger charge is -2.15. The predicted octanol–water partition coefficient (Wildman–Crippen LogP) is -7.94. The molecule has 18 heavy (non-hydrogen) atoms. The van der Waals surface area contributed by atoms with Gasteiger partial charge < -0.3 is 35.0 Å². The molecule has 0 spiro atoms. The SMILES string of the molecule is CC[NH+](CC)CCC[NH2+]C1CCS(=O)(=O)C1.[Cl-].[Cl-]. The van der Waals surface area contributed by atoms with Crippen molar-refractivity contribution in [2.24, 2.45) is 0 Å². The van der Waals surface area contributed by atoms with Gasteiger partial charge in [0, 0.05) is 12.8 Å². The first-order valence-electron chi connectivity index (χ1n) is 6.44. The van der Waals surface area contributed by atoms with E-state index in [9.17, 15) is 8.42 Å². The Morgan fingerprint density at radius 1 is 1.22 bits per heavy atom. The van der Waals surface area contributed by atoms with Gasteiger partial charge in [0.1, 0.15) is 11.8 Å². The van der Waals surface area contributed by atoms with E-state index in [0.29, 0.717) is 17.5 Å². The van der Waals surface area contributed by atoms with Gasteiger partial charge in [-0.1, -0.05) is 0 Å². The highest BCUT2D eigenvalue weighted by molar-refractivity contribution is 7.91. The zero-order chi connectivity index (χ0) is 12.0. The van der Waals surface area contributed by atoms with Crippen molar-refractivity contribution in [1.82, 2.24) is 0 Å². The van der Waals surface area contributed by atoms with Gasteiger partial charge in [0.25, 0.3) is 0 Å². The summed E-state index contributed by atoms with van der Waals surface area (Å²) >= 11 is 0. The minimum Gasteiger partial charge on any atom is -1.00 e. The minimum absolute atomic E-state index is 0. The summed E-state index contributed by atoms with van der Waals surface area (Å²) in [7, 11) is -2.69. The van der Waals surface area contributed by atoms with Crippen molar-refractivity contribution in [3.8, 4) is 0 Å². The number of hydrogen-bond acceptors (Lipinski definition) is 2. The molecule has 0 aromatic heterocycles. The monoisotopic (exact) mass is 320 g/mol. The molecule has 1 aliphatic rings. The zero-order valence-corrected chi connectivity index (χ0v) is 13.6. The first kappa shape index (κ1) is 20.8. The fraction of sp³-hybridized carbons (Fsp3) is 1.00. The Kier molecular flexibility index (Phi) is 11.8. The smallest absolute Gasteiger partial charge is 0.156 e. The number of rotatable bonds is 7. The van der Waals surface area contributed by atoms with E-state index in [1.807, 2.05) is 0 Å². The number of sulfone groups is 1. The van der Waals surface area contributed by atoms with E-state index in [1.54, 1.807) is 4.90 Å². The standard InChI is InChI=1S/C11H24N2O2S.2ClH/c1-3-13(4-2)8-5-7-12-11-6-9-16(14,15)10-11;;/h11-12H,3-10H2,1-2H3;2*1H. The molecule has 1 fully saturated rings. The van der Waals surface area contributed by atoms with Crippen molar-refractivity contribution in [3.05, 3.63) is 0 Å². The normalized spacial score (nSPS) is 21.4. The molecule has 1 atom stereocenters. The number of hydrogen-bond donors (Lipinski definition) is 2. The average Bonchev–Trinajstić information content (AvgIpc) is 2.59. The summed E-state index contributed by atoms with van der Waals surface area (Å²) in [6.07, 6.45) is 2.04. The summed E-state index contributed by atoms with van der Waals surface area (Å²) in [4.78, 5) is 1.63. The lowest BCUT2D eigenvalue weighted by Crippen LogP contribution is -3.11. The van der Waals surface area contributed by atoms with Crippen LogP contribution >= 0.6 is 0 Å². The van der Waals surface area contributed by atoms with Crippen molar-refractivity contribution < 1.29 is 43.4 Å². The highest BCUT2D eigenvalue weighted by Gasteiger charge is 2.29. The average molecular weight is 321 g/mol. The predicted molar refractivity (Wildman–Crippen MR) is 65.4 cm³/mol. The van der Waals surface area contributed by atoms with Crippen molar-refractivity contribution in [2.75, 3.05) is 37.7 Å². The lowest BCUT2D eigenvalue weighted by atomic mass is 10.2. The molecule has 1 heterocycles. The third-order valence-corrected chi connectivity index (χ3v) is 5.30. The summed E-state index contributed by atoms with van der Waals surface area (Å²) in [5, 5.41) is 2.23. The molecule has 0 radical (unpaired) electrons. The van der Waals surface area contributed by atoms with Crippen LogP contribution in [0.4, 0.5) is 0 Å². The fourth-order valence-corrected chi connectivity index (χ4v) is 4.10. The van der Waals surface area contributed by atoms with Gasteiger partial charge in [-0.15, -0.1) is 0 Å². The topological polar surface area (TPSA) is 55.2 Å². The Labute approximate surface area is 124 Å². The Balaban J connectivity index is 0. The maximum atomic E-state index is 11.3. The van der Waals surface area contributed by atoms with Crippen LogP contribution in [0.3, 0.4) is 0 Å². The number of halogens is 2. The quantitative estimate of drug-likeness (QED) is 0.458. The summed E-state index contributed by atoms with van der Waals surface area (Å²) < 4.78 is 22.5. The second-order valence-corrected chi connectivity index (χ2v) is 6.98. The highest BCUT2D eigenvalue weighted by Crippen LogP contribution is 2.07. The fourth-order valence-electron chi connectivity index (χ4n) is 2.32. The van der Waals surface area contributed by atoms with Gasteiger partial charge in [0.15, 0.2) is 9.84 Å². The molecule has 7 heteroatoms. The van der Waals surface area contributed by atoms with E-state index in [4.69, 9.17) is 0 Å². The number of nitrogens with one attached hydrogen (secondary N) is 1. The third-order valence-electron chi connectivity index (χ3n) is 3.50. The van der Waals surface area contributed by atoms with Gasteiger partial charge in [0.05, 0.1) is 31.9 Å². The number of quaternary nitrogens is 2. The van der Waals surface area contributed by atoms with Crippen molar-refractivity contribution >= 4 is 9.84 Å². The van der Waals surface area contributed by atoms with Gasteiger partial charge in [-0.2, -0.15) is 0 Å². The summed E-state index contributed by atoms with van der Waals surface area (Å²) in [6.45, 7) is 9.09. The molecule has 0 aliphatic carbocycles. The highest BCUT2D eigenvalue weighted by atomic mass is 35.5. The van der Waals surface area contributed by atoms with E-state index in [1.165, 1.54) is 26.1 Å². The van der Waals surface area contributed by atoms with Crippen LogP contribution in [0.2, 0.25) is 0 Å². The molecule has 1 unspecified atom stereocenters. The molecule has 3 N–H and O–H groups in total. The van der Waals surface area contributed by atoms with Crippen LogP contribution in [0.1, 0.15) is 26.7 Å². The van der Waals surface area contributed by atoms with Crippen molar-refractivity contribution in [2.45, 2.75) is 32.7 Å². The van der Waals surface area contributed by atoms with Crippen LogP contribution in [0.15, 0.2) is 0 Å². The number of nitrogens with two attached hydrogens (primary N) is 1. The summed E-state index contributed by atoms with van der Waals surface area (Å²) in [5.41, 5.74) is 0. The third kappa shape index (κ3) is 7.79. The molecule has 0 amide bonds. The van der Waals surface area contributed by atoms with Gasteiger partial charge in [-0.25, -0.2) is 8.42 Å². The maximum absolute atomic E-state index is 11.3. The molecule has 1 aliphatic heterocycles. The van der Waals surface area contributed by atoms with E-state index in [-0.39, 0.29) is 24.8 Å². The molecule has 0 bridgehead atoms.